The Morgan fingerprint density at radius 2 is 1.91 bits per heavy atom. The van der Waals surface area contributed by atoms with Crippen molar-refractivity contribution in [1.29, 1.82) is 0 Å². The second-order valence-electron chi connectivity index (χ2n) is 5.00. The molecular weight excluding hydrogens is 134 g/mol. The van der Waals surface area contributed by atoms with E-state index in [9.17, 15) is 0 Å². The fraction of sp³-hybridized carbons (Fsp3) is 1.00. The van der Waals surface area contributed by atoms with Crippen LogP contribution in [0.1, 0.15) is 40.5 Å². The summed E-state index contributed by atoms with van der Waals surface area (Å²) in [6.45, 7) is 10.4. The third-order valence-electron chi connectivity index (χ3n) is 2.50. The van der Waals surface area contributed by atoms with Crippen LogP contribution in [0.25, 0.3) is 0 Å². The molecule has 0 aromatic carbocycles. The second-order valence-corrected chi connectivity index (χ2v) is 5.00. The van der Waals surface area contributed by atoms with Gasteiger partial charge in [-0.1, -0.05) is 27.7 Å². The quantitative estimate of drug-likeness (QED) is 0.660. The van der Waals surface area contributed by atoms with E-state index in [2.05, 4.69) is 33.0 Å². The molecule has 0 unspecified atom stereocenters. The third kappa shape index (κ3) is 2.82. The Kier molecular flexibility index (Phi) is 2.58. The minimum absolute atomic E-state index is 0.642. The van der Waals surface area contributed by atoms with Crippen LogP contribution in [0.3, 0.4) is 0 Å². The summed E-state index contributed by atoms with van der Waals surface area (Å²) in [6, 6.07) is 0.652. The van der Waals surface area contributed by atoms with E-state index >= 15 is 0 Å². The van der Waals surface area contributed by atoms with Gasteiger partial charge in [0.25, 0.3) is 0 Å². The summed E-state index contributed by atoms with van der Waals surface area (Å²) in [5.74, 6) is 0.951. The Bertz CT molecular complexity index is 119. The van der Waals surface area contributed by atoms with Crippen LogP contribution >= 0.6 is 0 Å². The van der Waals surface area contributed by atoms with Crippen molar-refractivity contribution in [2.24, 2.45) is 11.3 Å². The van der Waals surface area contributed by atoms with Crippen molar-refractivity contribution in [1.82, 2.24) is 5.32 Å². The largest absolute Gasteiger partial charge is 0.314 e. The number of nitrogens with one attached hydrogen (secondary N) is 1. The van der Waals surface area contributed by atoms with Gasteiger partial charge in [-0.15, -0.1) is 0 Å². The molecule has 1 aliphatic rings. The molecule has 0 aromatic rings. The van der Waals surface area contributed by atoms with Crippen molar-refractivity contribution >= 4 is 0 Å². The van der Waals surface area contributed by atoms with Crippen molar-refractivity contribution in [2.45, 2.75) is 46.6 Å². The maximum Gasteiger partial charge on any atom is 0.00104 e. The molecule has 11 heavy (non-hydrogen) atoms. The van der Waals surface area contributed by atoms with Crippen LogP contribution < -0.4 is 5.32 Å². The smallest absolute Gasteiger partial charge is 0.00104 e. The van der Waals surface area contributed by atoms with Gasteiger partial charge in [0.05, 0.1) is 0 Å². The molecule has 0 atom stereocenters. The maximum absolute atomic E-state index is 3.49. The van der Waals surface area contributed by atoms with Gasteiger partial charge in [0.2, 0.25) is 0 Å². The molecule has 66 valence electrons. The summed E-state index contributed by atoms with van der Waals surface area (Å²) < 4.78 is 0. The Morgan fingerprint density at radius 1 is 1.36 bits per heavy atom. The summed E-state index contributed by atoms with van der Waals surface area (Å²) in [5.41, 5.74) is 0.642. The first kappa shape index (κ1) is 9.05. The minimum atomic E-state index is 0.642. The SMILES string of the molecule is CC(C)NCC1CC(C)(C)C1. The van der Waals surface area contributed by atoms with Gasteiger partial charge >= 0.3 is 0 Å². The summed E-state index contributed by atoms with van der Waals surface area (Å²) in [5, 5.41) is 3.49. The van der Waals surface area contributed by atoms with E-state index in [0.29, 0.717) is 11.5 Å². The molecule has 0 heterocycles. The van der Waals surface area contributed by atoms with E-state index < -0.39 is 0 Å². The van der Waals surface area contributed by atoms with Crippen molar-refractivity contribution in [3.63, 3.8) is 0 Å². The van der Waals surface area contributed by atoms with Gasteiger partial charge in [-0.2, -0.15) is 0 Å². The molecule has 0 bridgehead atoms. The van der Waals surface area contributed by atoms with Gasteiger partial charge in [-0.25, -0.2) is 0 Å². The Balaban J connectivity index is 2.05. The van der Waals surface area contributed by atoms with Crippen LogP contribution in [-0.4, -0.2) is 12.6 Å². The van der Waals surface area contributed by atoms with E-state index in [4.69, 9.17) is 0 Å². The fourth-order valence-corrected chi connectivity index (χ4v) is 2.05. The molecule has 0 aliphatic heterocycles. The minimum Gasteiger partial charge on any atom is -0.314 e. The van der Waals surface area contributed by atoms with Crippen molar-refractivity contribution in [3.05, 3.63) is 0 Å². The molecule has 0 saturated heterocycles. The normalized spacial score (nSPS) is 23.7. The Morgan fingerprint density at radius 3 is 2.27 bits per heavy atom. The van der Waals surface area contributed by atoms with E-state index in [1.807, 2.05) is 0 Å². The zero-order chi connectivity index (χ0) is 8.48. The molecule has 1 rings (SSSR count). The standard InChI is InChI=1S/C10H21N/c1-8(2)11-7-9-5-10(3,4)6-9/h8-9,11H,5-7H2,1-4H3. The Hall–Kier alpha value is -0.0400. The van der Waals surface area contributed by atoms with Gasteiger partial charge in [-0.05, 0) is 30.7 Å². The molecule has 1 heteroatoms. The van der Waals surface area contributed by atoms with E-state index in [0.717, 1.165) is 5.92 Å². The molecule has 1 N–H and O–H groups in total. The molecule has 1 aliphatic carbocycles. The molecule has 1 nitrogen and oxygen atoms in total. The first-order chi connectivity index (χ1) is 4.99. The lowest BCUT2D eigenvalue weighted by Gasteiger charge is -2.43. The molecule has 1 fully saturated rings. The van der Waals surface area contributed by atoms with E-state index in [-0.39, 0.29) is 0 Å². The van der Waals surface area contributed by atoms with E-state index in [1.54, 1.807) is 0 Å². The van der Waals surface area contributed by atoms with Crippen LogP contribution in [0, 0.1) is 11.3 Å². The molecule has 1 saturated carbocycles. The molecule has 0 spiro atoms. The first-order valence-corrected chi connectivity index (χ1v) is 4.73. The second kappa shape index (κ2) is 3.14. The van der Waals surface area contributed by atoms with E-state index in [1.165, 1.54) is 19.4 Å². The van der Waals surface area contributed by atoms with Crippen molar-refractivity contribution in [3.8, 4) is 0 Å². The monoisotopic (exact) mass is 155 g/mol. The Labute approximate surface area is 70.6 Å². The molecule has 0 amide bonds. The highest BCUT2D eigenvalue weighted by atomic mass is 14.9. The van der Waals surface area contributed by atoms with Crippen LogP contribution in [0.15, 0.2) is 0 Å². The maximum atomic E-state index is 3.49. The lowest BCUT2D eigenvalue weighted by atomic mass is 9.64. The zero-order valence-electron chi connectivity index (χ0n) is 8.28. The fourth-order valence-electron chi connectivity index (χ4n) is 2.05. The highest BCUT2D eigenvalue weighted by Crippen LogP contribution is 2.44. The summed E-state index contributed by atoms with van der Waals surface area (Å²) in [7, 11) is 0. The predicted molar refractivity (Wildman–Crippen MR) is 49.6 cm³/mol. The number of hydrogen-bond donors (Lipinski definition) is 1. The van der Waals surface area contributed by atoms with Crippen molar-refractivity contribution < 1.29 is 0 Å². The van der Waals surface area contributed by atoms with Crippen LogP contribution in [0.4, 0.5) is 0 Å². The van der Waals surface area contributed by atoms with Gasteiger partial charge in [0.15, 0.2) is 0 Å². The highest BCUT2D eigenvalue weighted by Gasteiger charge is 2.35. The van der Waals surface area contributed by atoms with Crippen LogP contribution in [0.5, 0.6) is 0 Å². The lowest BCUT2D eigenvalue weighted by molar-refractivity contribution is 0.0943. The number of hydrogen-bond acceptors (Lipinski definition) is 1. The first-order valence-electron chi connectivity index (χ1n) is 4.73. The van der Waals surface area contributed by atoms with Gasteiger partial charge in [0, 0.05) is 6.04 Å². The van der Waals surface area contributed by atoms with Gasteiger partial charge < -0.3 is 5.32 Å². The predicted octanol–water partition coefficient (Wildman–Crippen LogP) is 2.42. The number of rotatable bonds is 3. The molecule has 0 radical (unpaired) electrons. The summed E-state index contributed by atoms with van der Waals surface area (Å²) >= 11 is 0. The highest BCUT2D eigenvalue weighted by molar-refractivity contribution is 4.87. The average Bonchev–Trinajstić information content (AvgIpc) is 1.78. The van der Waals surface area contributed by atoms with Gasteiger partial charge in [0.1, 0.15) is 0 Å². The van der Waals surface area contributed by atoms with Crippen LogP contribution in [-0.2, 0) is 0 Å². The summed E-state index contributed by atoms with van der Waals surface area (Å²) in [6.07, 6.45) is 2.82. The third-order valence-corrected chi connectivity index (χ3v) is 2.50. The zero-order valence-corrected chi connectivity index (χ0v) is 8.28. The molecular formula is C10H21N. The summed E-state index contributed by atoms with van der Waals surface area (Å²) in [4.78, 5) is 0. The average molecular weight is 155 g/mol. The van der Waals surface area contributed by atoms with Crippen molar-refractivity contribution in [2.75, 3.05) is 6.54 Å². The molecule has 0 aromatic heterocycles. The topological polar surface area (TPSA) is 12.0 Å². The van der Waals surface area contributed by atoms with Crippen LogP contribution in [0.2, 0.25) is 0 Å². The van der Waals surface area contributed by atoms with Gasteiger partial charge in [-0.3, -0.25) is 0 Å². The lowest BCUT2D eigenvalue weighted by Crippen LogP contribution is -2.40.